The van der Waals surface area contributed by atoms with Gasteiger partial charge in [0.2, 0.25) is 5.91 Å². The van der Waals surface area contributed by atoms with Gasteiger partial charge in [-0.25, -0.2) is 4.79 Å². The number of thiophene rings is 1. The monoisotopic (exact) mass is 416 g/mol. The van der Waals surface area contributed by atoms with Crippen molar-refractivity contribution in [2.45, 2.75) is 46.0 Å². The van der Waals surface area contributed by atoms with Crippen LogP contribution < -0.4 is 10.4 Å². The predicted octanol–water partition coefficient (Wildman–Crippen LogP) is 2.57. The van der Waals surface area contributed by atoms with Gasteiger partial charge in [0.15, 0.2) is 0 Å². The zero-order chi connectivity index (χ0) is 20.7. The lowest BCUT2D eigenvalue weighted by molar-refractivity contribution is -0.313. The molecule has 0 aromatic carbocycles. The smallest absolute Gasteiger partial charge is 0.341 e. The third-order valence-electron chi connectivity index (χ3n) is 6.42. The summed E-state index contributed by atoms with van der Waals surface area (Å²) < 4.78 is 5.39. The van der Waals surface area contributed by atoms with E-state index < -0.39 is 23.8 Å². The zero-order valence-corrected chi connectivity index (χ0v) is 17.6. The van der Waals surface area contributed by atoms with E-state index in [1.807, 2.05) is 19.1 Å². The fraction of sp³-hybridized carbons (Fsp3) is 0.591. The van der Waals surface area contributed by atoms with Crippen molar-refractivity contribution in [2.24, 2.45) is 29.6 Å². The van der Waals surface area contributed by atoms with Gasteiger partial charge in [0, 0.05) is 16.8 Å². The van der Waals surface area contributed by atoms with Gasteiger partial charge in [-0.3, -0.25) is 4.79 Å². The van der Waals surface area contributed by atoms with Crippen molar-refractivity contribution < 1.29 is 24.2 Å². The number of aliphatic carboxylic acids is 1. The molecule has 1 heterocycles. The summed E-state index contributed by atoms with van der Waals surface area (Å²) in [5.41, 5.74) is 1.44. The largest absolute Gasteiger partial charge is 0.550 e. The Balaban J connectivity index is 1.62. The molecule has 5 atom stereocenters. The maximum atomic E-state index is 13.1. The third-order valence-corrected chi connectivity index (χ3v) is 7.59. The van der Waals surface area contributed by atoms with Crippen LogP contribution in [0.1, 0.15) is 53.9 Å². The Morgan fingerprint density at radius 1 is 1.24 bits per heavy atom. The summed E-state index contributed by atoms with van der Waals surface area (Å²) in [5, 5.41) is 15.1. The fourth-order valence-corrected chi connectivity index (χ4v) is 6.42. The van der Waals surface area contributed by atoms with Crippen LogP contribution in [-0.4, -0.2) is 24.5 Å². The van der Waals surface area contributed by atoms with Gasteiger partial charge in [-0.2, -0.15) is 0 Å². The number of allylic oxidation sites excluding steroid dienone is 2. The molecule has 0 spiro atoms. The molecule has 1 aromatic heterocycles. The van der Waals surface area contributed by atoms with Crippen LogP contribution in [0.4, 0.5) is 5.00 Å². The molecule has 3 aliphatic carbocycles. The van der Waals surface area contributed by atoms with Gasteiger partial charge in [-0.15, -0.1) is 11.3 Å². The Labute approximate surface area is 174 Å². The second-order valence-electron chi connectivity index (χ2n) is 8.50. The summed E-state index contributed by atoms with van der Waals surface area (Å²) in [6, 6.07) is 0. The van der Waals surface area contributed by atoms with Crippen LogP contribution in [0.15, 0.2) is 12.2 Å². The molecule has 2 bridgehead atoms. The number of carboxylic acids is 1. The third kappa shape index (κ3) is 3.61. The normalized spacial score (nSPS) is 29.5. The molecule has 7 heteroatoms. The number of hydrogen-bond acceptors (Lipinski definition) is 6. The van der Waals surface area contributed by atoms with Crippen molar-refractivity contribution in [3.05, 3.63) is 28.2 Å². The molecule has 0 saturated heterocycles. The van der Waals surface area contributed by atoms with Crippen LogP contribution in [0.5, 0.6) is 0 Å². The number of carboxylic acid groups (broad SMARTS) is 1. The Hall–Kier alpha value is -2.15. The van der Waals surface area contributed by atoms with E-state index in [9.17, 15) is 19.5 Å². The molecule has 0 unspecified atom stereocenters. The zero-order valence-electron chi connectivity index (χ0n) is 16.7. The number of amides is 1. The Bertz CT molecular complexity index is 873. The van der Waals surface area contributed by atoms with Crippen LogP contribution in [0.3, 0.4) is 0 Å². The van der Waals surface area contributed by atoms with Gasteiger partial charge in [-0.05, 0) is 55.4 Å². The Morgan fingerprint density at radius 2 is 1.97 bits per heavy atom. The molecule has 0 aliphatic heterocycles. The molecule has 4 rings (SSSR count). The molecule has 3 aliphatic rings. The molecule has 1 amide bonds. The fourth-order valence-electron chi connectivity index (χ4n) is 5.02. The standard InChI is InChI=1S/C22H27NO5S/c1-3-8-28-22(27)18-14-7-4-11(2)9-15(14)29-20(18)23-19(24)16-12-5-6-13(10-12)17(16)21(25)26/h5-6,11-13,16-17H,3-4,7-10H2,1-2H3,(H,23,24)(H,25,26)/p-1/t11-,12-,13+,16-,17+/m1/s1. The minimum Gasteiger partial charge on any atom is -0.550 e. The number of anilines is 1. The van der Waals surface area contributed by atoms with Gasteiger partial charge in [0.25, 0.3) is 0 Å². The average Bonchev–Trinajstić information content (AvgIpc) is 3.37. The summed E-state index contributed by atoms with van der Waals surface area (Å²) in [6.07, 6.45) is 7.87. The summed E-state index contributed by atoms with van der Waals surface area (Å²) >= 11 is 1.43. The van der Waals surface area contributed by atoms with E-state index in [4.69, 9.17) is 4.74 Å². The number of rotatable bonds is 6. The van der Waals surface area contributed by atoms with Crippen LogP contribution in [0.2, 0.25) is 0 Å². The molecule has 1 aromatic rings. The second kappa shape index (κ2) is 7.94. The maximum Gasteiger partial charge on any atom is 0.341 e. The van der Waals surface area contributed by atoms with Gasteiger partial charge < -0.3 is 20.0 Å². The van der Waals surface area contributed by atoms with Crippen LogP contribution in [-0.2, 0) is 27.2 Å². The molecule has 0 radical (unpaired) electrons. The summed E-state index contributed by atoms with van der Waals surface area (Å²) in [4.78, 5) is 38.6. The van der Waals surface area contributed by atoms with Gasteiger partial charge in [0.05, 0.1) is 18.1 Å². The van der Waals surface area contributed by atoms with Gasteiger partial charge in [0.1, 0.15) is 5.00 Å². The van der Waals surface area contributed by atoms with Crippen molar-refractivity contribution in [1.29, 1.82) is 0 Å². The first-order valence-corrected chi connectivity index (χ1v) is 11.2. The number of hydrogen-bond donors (Lipinski definition) is 1. The Kier molecular flexibility index (Phi) is 5.51. The van der Waals surface area contributed by atoms with Crippen LogP contribution in [0, 0.1) is 29.6 Å². The first-order chi connectivity index (χ1) is 13.9. The molecule has 1 N–H and O–H groups in total. The van der Waals surface area contributed by atoms with Crippen molar-refractivity contribution in [1.82, 2.24) is 0 Å². The molecule has 6 nitrogen and oxygen atoms in total. The number of esters is 1. The lowest BCUT2D eigenvalue weighted by Gasteiger charge is -2.27. The van der Waals surface area contributed by atoms with Gasteiger partial charge >= 0.3 is 5.97 Å². The predicted molar refractivity (Wildman–Crippen MR) is 107 cm³/mol. The number of nitrogens with one attached hydrogen (secondary N) is 1. The number of carbonyl (C=O) groups is 3. The molecule has 156 valence electrons. The topological polar surface area (TPSA) is 95.5 Å². The lowest BCUT2D eigenvalue weighted by Crippen LogP contribution is -2.42. The Morgan fingerprint density at radius 3 is 2.66 bits per heavy atom. The first-order valence-electron chi connectivity index (χ1n) is 10.4. The number of fused-ring (bicyclic) bond motifs is 3. The summed E-state index contributed by atoms with van der Waals surface area (Å²) in [6.45, 7) is 4.45. The van der Waals surface area contributed by atoms with E-state index >= 15 is 0 Å². The van der Waals surface area contributed by atoms with Crippen LogP contribution in [0.25, 0.3) is 0 Å². The number of carbonyl (C=O) groups excluding carboxylic acids is 3. The molecule has 1 fully saturated rings. The first kappa shape index (κ1) is 20.1. The molecular weight excluding hydrogens is 390 g/mol. The van der Waals surface area contributed by atoms with E-state index in [2.05, 4.69) is 12.2 Å². The van der Waals surface area contributed by atoms with Crippen molar-refractivity contribution in [3.63, 3.8) is 0 Å². The van der Waals surface area contributed by atoms with Gasteiger partial charge in [-0.1, -0.05) is 26.0 Å². The van der Waals surface area contributed by atoms with E-state index in [1.165, 1.54) is 11.3 Å². The summed E-state index contributed by atoms with van der Waals surface area (Å²) in [7, 11) is 0. The van der Waals surface area contributed by atoms with Crippen molar-refractivity contribution in [3.8, 4) is 0 Å². The maximum absolute atomic E-state index is 13.1. The summed E-state index contributed by atoms with van der Waals surface area (Å²) in [5.74, 6) is -3.10. The number of ether oxygens (including phenoxy) is 1. The highest BCUT2D eigenvalue weighted by atomic mass is 32.1. The highest BCUT2D eigenvalue weighted by Gasteiger charge is 2.49. The van der Waals surface area contributed by atoms with E-state index in [1.54, 1.807) is 0 Å². The average molecular weight is 417 g/mol. The molecule has 29 heavy (non-hydrogen) atoms. The second-order valence-corrected chi connectivity index (χ2v) is 9.61. The van der Waals surface area contributed by atoms with Crippen molar-refractivity contribution in [2.75, 3.05) is 11.9 Å². The van der Waals surface area contributed by atoms with E-state index in [0.29, 0.717) is 29.5 Å². The minimum absolute atomic E-state index is 0.0898. The molecular formula is C22H26NO5S-. The SMILES string of the molecule is CCCOC(=O)c1c(NC(=O)[C@H]2[C@@H](C(=O)[O-])[C@H]3C=C[C@@H]2C3)sc2c1CC[C@@H](C)C2. The molecule has 1 saturated carbocycles. The highest BCUT2D eigenvalue weighted by molar-refractivity contribution is 7.17. The lowest BCUT2D eigenvalue weighted by atomic mass is 9.82. The quantitative estimate of drug-likeness (QED) is 0.568. The minimum atomic E-state index is -1.18. The van der Waals surface area contributed by atoms with E-state index in [-0.39, 0.29) is 17.7 Å². The van der Waals surface area contributed by atoms with E-state index in [0.717, 1.165) is 36.1 Å². The highest BCUT2D eigenvalue weighted by Crippen LogP contribution is 2.49. The van der Waals surface area contributed by atoms with Crippen LogP contribution >= 0.6 is 11.3 Å². The van der Waals surface area contributed by atoms with Crippen molar-refractivity contribution >= 4 is 34.2 Å².